The molecule has 29 heavy (non-hydrogen) atoms. The first-order valence-electron chi connectivity index (χ1n) is 10.4. The summed E-state index contributed by atoms with van der Waals surface area (Å²) in [6, 6.07) is -0.649. The number of hydrogen-bond donors (Lipinski definition) is 0. The number of rotatable bonds is 8. The first-order chi connectivity index (χ1) is 13.6. The summed E-state index contributed by atoms with van der Waals surface area (Å²) < 4.78 is 12.6. The van der Waals surface area contributed by atoms with E-state index < -0.39 is 12.0 Å². The van der Waals surface area contributed by atoms with E-state index in [1.807, 2.05) is 20.8 Å². The normalized spacial score (nSPS) is 17.4. The van der Waals surface area contributed by atoms with Gasteiger partial charge in [0.25, 0.3) is 0 Å². The maximum atomic E-state index is 13.5. The summed E-state index contributed by atoms with van der Waals surface area (Å²) in [5.74, 6) is -0.909. The lowest BCUT2D eigenvalue weighted by atomic mass is 9.98. The van der Waals surface area contributed by atoms with Crippen LogP contribution < -0.4 is 0 Å². The van der Waals surface area contributed by atoms with Gasteiger partial charge in [0.15, 0.2) is 5.78 Å². The average Bonchev–Trinajstić information content (AvgIpc) is 3.25. The van der Waals surface area contributed by atoms with Crippen LogP contribution in [0.1, 0.15) is 72.6 Å². The van der Waals surface area contributed by atoms with E-state index in [0.29, 0.717) is 35.7 Å². The molecule has 0 radical (unpaired) electrons. The maximum Gasteiger partial charge on any atom is 0.355 e. The number of nitrogens with zero attached hydrogens (tertiary/aromatic N) is 2. The van der Waals surface area contributed by atoms with E-state index in [1.54, 1.807) is 37.3 Å². The highest BCUT2D eigenvalue weighted by atomic mass is 16.5. The average molecular weight is 407 g/mol. The van der Waals surface area contributed by atoms with Gasteiger partial charge >= 0.3 is 5.97 Å². The Morgan fingerprint density at radius 3 is 2.41 bits per heavy atom. The van der Waals surface area contributed by atoms with Crippen molar-refractivity contribution in [1.29, 1.82) is 0 Å². The third-order valence-corrected chi connectivity index (χ3v) is 5.69. The second-order valence-corrected chi connectivity index (χ2v) is 8.03. The van der Waals surface area contributed by atoms with E-state index >= 15 is 0 Å². The van der Waals surface area contributed by atoms with E-state index in [0.717, 1.165) is 12.8 Å². The van der Waals surface area contributed by atoms with Crippen molar-refractivity contribution in [2.45, 2.75) is 66.5 Å². The maximum absolute atomic E-state index is 13.5. The molecule has 162 valence electrons. The Kier molecular flexibility index (Phi) is 7.63. The van der Waals surface area contributed by atoms with E-state index in [9.17, 15) is 14.4 Å². The monoisotopic (exact) mass is 406 g/mol. The molecular weight excluding hydrogens is 372 g/mol. The summed E-state index contributed by atoms with van der Waals surface area (Å²) in [5.41, 5.74) is 2.14. The van der Waals surface area contributed by atoms with Gasteiger partial charge in [0.2, 0.25) is 5.91 Å². The summed E-state index contributed by atoms with van der Waals surface area (Å²) in [5, 5.41) is 0. The number of Topliss-reactive ketones (excluding diaryl/α,β-unsaturated/α-hetero) is 1. The van der Waals surface area contributed by atoms with Crippen molar-refractivity contribution in [3.05, 3.63) is 22.5 Å². The molecule has 2 unspecified atom stereocenters. The van der Waals surface area contributed by atoms with E-state index in [4.69, 9.17) is 9.47 Å². The van der Waals surface area contributed by atoms with Crippen molar-refractivity contribution >= 4 is 17.7 Å². The summed E-state index contributed by atoms with van der Waals surface area (Å²) in [4.78, 5) is 40.4. The molecule has 1 fully saturated rings. The Morgan fingerprint density at radius 2 is 1.90 bits per heavy atom. The van der Waals surface area contributed by atoms with Gasteiger partial charge in [-0.15, -0.1) is 0 Å². The highest BCUT2D eigenvalue weighted by Gasteiger charge is 2.34. The highest BCUT2D eigenvalue weighted by molar-refractivity contribution is 6.06. The number of ether oxygens (including phenoxy) is 2. The van der Waals surface area contributed by atoms with Gasteiger partial charge in [-0.25, -0.2) is 4.79 Å². The van der Waals surface area contributed by atoms with Crippen LogP contribution in [0.4, 0.5) is 0 Å². The predicted octanol–water partition coefficient (Wildman–Crippen LogP) is 3.05. The summed E-state index contributed by atoms with van der Waals surface area (Å²) in [6.45, 7) is 12.1. The summed E-state index contributed by atoms with van der Waals surface area (Å²) in [7, 11) is 1.75. The molecule has 7 nitrogen and oxygen atoms in total. The minimum atomic E-state index is -0.649. The Bertz CT molecular complexity index is 775. The van der Waals surface area contributed by atoms with Crippen molar-refractivity contribution in [1.82, 2.24) is 9.47 Å². The molecule has 1 saturated heterocycles. The molecule has 0 N–H and O–H groups in total. The molecule has 2 heterocycles. The molecule has 2 atom stereocenters. The van der Waals surface area contributed by atoms with Crippen LogP contribution in [0.2, 0.25) is 0 Å². The van der Waals surface area contributed by atoms with Crippen LogP contribution in [0.25, 0.3) is 0 Å². The molecule has 1 aromatic heterocycles. The molecule has 1 amide bonds. The van der Waals surface area contributed by atoms with Gasteiger partial charge < -0.3 is 18.9 Å². The first kappa shape index (κ1) is 23.1. The first-order valence-corrected chi connectivity index (χ1v) is 10.4. The molecular formula is C22H34N2O5. The summed E-state index contributed by atoms with van der Waals surface area (Å²) >= 11 is 0. The second kappa shape index (κ2) is 9.57. The Balaban J connectivity index is 2.38. The van der Waals surface area contributed by atoms with Gasteiger partial charge in [-0.1, -0.05) is 13.8 Å². The zero-order valence-electron chi connectivity index (χ0n) is 18.7. The molecule has 0 saturated carbocycles. The SMILES string of the molecule is CCOC(=O)c1c(C)c(C(=O)C(C)N(CC2CCCO2)C(=O)C(C)C)c(C)n1C. The molecule has 1 aromatic rings. The standard InChI is InChI=1S/C22H34N2O5/c1-8-28-22(27)19-14(4)18(15(5)23(19)7)20(25)16(6)24(21(26)13(2)3)12-17-10-9-11-29-17/h13,16-17H,8-12H2,1-7H3. The Labute approximate surface area is 173 Å². The third kappa shape index (κ3) is 4.71. The third-order valence-electron chi connectivity index (χ3n) is 5.69. The van der Waals surface area contributed by atoms with Gasteiger partial charge in [-0.3, -0.25) is 9.59 Å². The van der Waals surface area contributed by atoms with Crippen LogP contribution in [0.5, 0.6) is 0 Å². The van der Waals surface area contributed by atoms with Crippen LogP contribution >= 0.6 is 0 Å². The highest BCUT2D eigenvalue weighted by Crippen LogP contribution is 2.26. The van der Waals surface area contributed by atoms with E-state index in [1.165, 1.54) is 0 Å². The number of carbonyl (C=O) groups excluding carboxylic acids is 3. The molecule has 0 aromatic carbocycles. The van der Waals surface area contributed by atoms with Gasteiger partial charge in [-0.05, 0) is 46.1 Å². The lowest BCUT2D eigenvalue weighted by Gasteiger charge is -2.32. The molecule has 1 aliphatic heterocycles. The number of ketones is 1. The van der Waals surface area contributed by atoms with Gasteiger partial charge in [0.1, 0.15) is 5.69 Å². The molecule has 7 heteroatoms. The smallest absolute Gasteiger partial charge is 0.355 e. The van der Waals surface area contributed by atoms with Gasteiger partial charge in [-0.2, -0.15) is 0 Å². The van der Waals surface area contributed by atoms with Crippen molar-refractivity contribution in [3.63, 3.8) is 0 Å². The number of amides is 1. The quantitative estimate of drug-likeness (QED) is 0.490. The largest absolute Gasteiger partial charge is 0.461 e. The van der Waals surface area contributed by atoms with Crippen molar-refractivity contribution in [2.24, 2.45) is 13.0 Å². The number of aromatic nitrogens is 1. The van der Waals surface area contributed by atoms with E-state index in [-0.39, 0.29) is 30.3 Å². The zero-order chi connectivity index (χ0) is 21.9. The number of carbonyl (C=O) groups is 3. The fourth-order valence-electron chi connectivity index (χ4n) is 3.96. The fourth-order valence-corrected chi connectivity index (χ4v) is 3.96. The van der Waals surface area contributed by atoms with Gasteiger partial charge in [0, 0.05) is 37.4 Å². The predicted molar refractivity (Wildman–Crippen MR) is 110 cm³/mol. The molecule has 0 spiro atoms. The topological polar surface area (TPSA) is 77.8 Å². The molecule has 1 aliphatic rings. The zero-order valence-corrected chi connectivity index (χ0v) is 18.7. The van der Waals surface area contributed by atoms with Crippen LogP contribution in [0.3, 0.4) is 0 Å². The number of esters is 1. The van der Waals surface area contributed by atoms with E-state index in [2.05, 4.69) is 0 Å². The molecule has 0 bridgehead atoms. The van der Waals surface area contributed by atoms with Crippen LogP contribution in [-0.2, 0) is 21.3 Å². The van der Waals surface area contributed by atoms with Crippen LogP contribution in [-0.4, -0.2) is 59.0 Å². The Hall–Kier alpha value is -2.15. The van der Waals surface area contributed by atoms with Crippen molar-refractivity contribution in [2.75, 3.05) is 19.8 Å². The number of hydrogen-bond acceptors (Lipinski definition) is 5. The lowest BCUT2D eigenvalue weighted by Crippen LogP contribution is -2.48. The fraction of sp³-hybridized carbons (Fsp3) is 0.682. The van der Waals surface area contributed by atoms with Gasteiger partial charge in [0.05, 0.1) is 18.8 Å². The molecule has 0 aliphatic carbocycles. The van der Waals surface area contributed by atoms with Crippen molar-refractivity contribution < 1.29 is 23.9 Å². The van der Waals surface area contributed by atoms with Crippen LogP contribution in [0, 0.1) is 19.8 Å². The van der Waals surface area contributed by atoms with Crippen molar-refractivity contribution in [3.8, 4) is 0 Å². The summed E-state index contributed by atoms with van der Waals surface area (Å²) in [6.07, 6.45) is 1.82. The minimum Gasteiger partial charge on any atom is -0.461 e. The Morgan fingerprint density at radius 1 is 1.24 bits per heavy atom. The minimum absolute atomic E-state index is 0.0407. The molecule has 2 rings (SSSR count). The van der Waals surface area contributed by atoms with Crippen LogP contribution in [0.15, 0.2) is 0 Å². The second-order valence-electron chi connectivity index (χ2n) is 8.03. The lowest BCUT2D eigenvalue weighted by molar-refractivity contribution is -0.137.